The summed E-state index contributed by atoms with van der Waals surface area (Å²) in [6.07, 6.45) is 3.82. The Hall–Kier alpha value is -2.85. The number of nitrogens with zero attached hydrogens (tertiary/aromatic N) is 4. The fraction of sp³-hybridized carbons (Fsp3) is 0.222. The van der Waals surface area contributed by atoms with Crippen molar-refractivity contribution in [1.82, 2.24) is 19.9 Å². The van der Waals surface area contributed by atoms with E-state index in [1.807, 2.05) is 47.5 Å². The van der Waals surface area contributed by atoms with Crippen molar-refractivity contribution < 1.29 is 9.59 Å². The lowest BCUT2D eigenvalue weighted by molar-refractivity contribution is -0.115. The number of nitrogens with one attached hydrogen (secondary N) is 2. The van der Waals surface area contributed by atoms with Gasteiger partial charge in [-0.1, -0.05) is 11.8 Å². The molecule has 0 saturated carbocycles. The normalized spacial score (nSPS) is 13.6. The Kier molecular flexibility index (Phi) is 5.31. The van der Waals surface area contributed by atoms with Gasteiger partial charge in [0.2, 0.25) is 5.91 Å². The van der Waals surface area contributed by atoms with Crippen LogP contribution in [0.4, 0.5) is 15.6 Å². The molecule has 1 aromatic carbocycles. The molecule has 0 radical (unpaired) electrons. The SMILES string of the molecule is Cn1ccnc1Sc1ccc(NC(=O)Cc2csc(N3CCNC3=O)n2)cc1. The second kappa shape index (κ2) is 8.03. The summed E-state index contributed by atoms with van der Waals surface area (Å²) in [7, 11) is 1.95. The highest BCUT2D eigenvalue weighted by molar-refractivity contribution is 7.99. The lowest BCUT2D eigenvalue weighted by atomic mass is 10.3. The van der Waals surface area contributed by atoms with E-state index in [0.29, 0.717) is 23.9 Å². The van der Waals surface area contributed by atoms with Gasteiger partial charge in [-0.3, -0.25) is 9.69 Å². The van der Waals surface area contributed by atoms with E-state index >= 15 is 0 Å². The third-order valence-corrected chi connectivity index (χ3v) is 6.09. The minimum atomic E-state index is -0.146. The number of benzene rings is 1. The number of carbonyl (C=O) groups excluding carboxylic acids is 2. The predicted octanol–water partition coefficient (Wildman–Crippen LogP) is 2.74. The highest BCUT2D eigenvalue weighted by Crippen LogP contribution is 2.27. The molecule has 2 aromatic heterocycles. The maximum absolute atomic E-state index is 12.3. The van der Waals surface area contributed by atoms with E-state index in [1.54, 1.807) is 22.9 Å². The molecular formula is C18H18N6O2S2. The van der Waals surface area contributed by atoms with Crippen LogP contribution >= 0.6 is 23.1 Å². The molecule has 1 fully saturated rings. The number of anilines is 2. The number of aryl methyl sites for hydroxylation is 1. The minimum Gasteiger partial charge on any atom is -0.336 e. The largest absolute Gasteiger partial charge is 0.336 e. The number of hydrogen-bond donors (Lipinski definition) is 2. The van der Waals surface area contributed by atoms with Gasteiger partial charge in [0.1, 0.15) is 0 Å². The van der Waals surface area contributed by atoms with Gasteiger partial charge in [0.15, 0.2) is 10.3 Å². The highest BCUT2D eigenvalue weighted by Gasteiger charge is 2.24. The van der Waals surface area contributed by atoms with E-state index in [4.69, 9.17) is 0 Å². The van der Waals surface area contributed by atoms with Crippen molar-refractivity contribution in [3.8, 4) is 0 Å². The fourth-order valence-electron chi connectivity index (χ4n) is 2.69. The quantitative estimate of drug-likeness (QED) is 0.647. The van der Waals surface area contributed by atoms with Crippen molar-refractivity contribution in [1.29, 1.82) is 0 Å². The van der Waals surface area contributed by atoms with Crippen LogP contribution in [0.3, 0.4) is 0 Å². The smallest absolute Gasteiger partial charge is 0.323 e. The van der Waals surface area contributed by atoms with Crippen LogP contribution in [0.2, 0.25) is 0 Å². The summed E-state index contributed by atoms with van der Waals surface area (Å²) in [5.74, 6) is -0.146. The molecule has 1 saturated heterocycles. The Morgan fingerprint density at radius 2 is 2.18 bits per heavy atom. The number of carbonyl (C=O) groups is 2. The Labute approximate surface area is 170 Å². The predicted molar refractivity (Wildman–Crippen MR) is 109 cm³/mol. The van der Waals surface area contributed by atoms with E-state index in [1.165, 1.54) is 11.3 Å². The Morgan fingerprint density at radius 3 is 2.86 bits per heavy atom. The zero-order valence-corrected chi connectivity index (χ0v) is 16.7. The zero-order valence-electron chi connectivity index (χ0n) is 15.1. The van der Waals surface area contributed by atoms with Crippen LogP contribution in [0, 0.1) is 0 Å². The van der Waals surface area contributed by atoms with Gasteiger partial charge in [-0.05, 0) is 24.3 Å². The molecule has 3 amide bonds. The lowest BCUT2D eigenvalue weighted by Gasteiger charge is -2.08. The summed E-state index contributed by atoms with van der Waals surface area (Å²) in [6, 6.07) is 7.48. The van der Waals surface area contributed by atoms with E-state index in [2.05, 4.69) is 20.6 Å². The molecule has 0 spiro atoms. The molecule has 0 unspecified atom stereocenters. The van der Waals surface area contributed by atoms with Crippen molar-refractivity contribution in [2.75, 3.05) is 23.3 Å². The fourth-order valence-corrected chi connectivity index (χ4v) is 4.34. The average molecular weight is 415 g/mol. The van der Waals surface area contributed by atoms with Gasteiger partial charge in [0.25, 0.3) is 0 Å². The van der Waals surface area contributed by atoms with E-state index in [-0.39, 0.29) is 18.4 Å². The molecule has 144 valence electrons. The number of rotatable bonds is 6. The lowest BCUT2D eigenvalue weighted by Crippen LogP contribution is -2.27. The maximum Gasteiger partial charge on any atom is 0.323 e. The Bertz CT molecular complexity index is 998. The maximum atomic E-state index is 12.3. The third kappa shape index (κ3) is 4.18. The molecule has 3 heterocycles. The highest BCUT2D eigenvalue weighted by atomic mass is 32.2. The van der Waals surface area contributed by atoms with Gasteiger partial charge in [-0.2, -0.15) is 0 Å². The average Bonchev–Trinajstić information content (AvgIpc) is 3.39. The molecule has 1 aliphatic heterocycles. The van der Waals surface area contributed by atoms with Crippen molar-refractivity contribution >= 4 is 45.9 Å². The van der Waals surface area contributed by atoms with Gasteiger partial charge < -0.3 is 15.2 Å². The van der Waals surface area contributed by atoms with Crippen LogP contribution in [0.1, 0.15) is 5.69 Å². The summed E-state index contributed by atoms with van der Waals surface area (Å²) < 4.78 is 1.95. The number of amides is 3. The van der Waals surface area contributed by atoms with Crippen molar-refractivity contribution in [2.24, 2.45) is 7.05 Å². The number of aromatic nitrogens is 3. The van der Waals surface area contributed by atoms with Crippen LogP contribution < -0.4 is 15.5 Å². The molecule has 0 atom stereocenters. The second-order valence-corrected chi connectivity index (χ2v) is 8.05. The molecule has 8 nitrogen and oxygen atoms in total. The first kappa shape index (κ1) is 18.5. The molecule has 0 aliphatic carbocycles. The van der Waals surface area contributed by atoms with E-state index in [9.17, 15) is 9.59 Å². The van der Waals surface area contributed by atoms with Gasteiger partial charge in [-0.15, -0.1) is 11.3 Å². The van der Waals surface area contributed by atoms with Gasteiger partial charge in [0.05, 0.1) is 12.1 Å². The first-order chi connectivity index (χ1) is 13.6. The first-order valence-electron chi connectivity index (χ1n) is 8.63. The summed E-state index contributed by atoms with van der Waals surface area (Å²) in [5.41, 5.74) is 1.38. The first-order valence-corrected chi connectivity index (χ1v) is 10.3. The summed E-state index contributed by atoms with van der Waals surface area (Å²) in [5, 5.41) is 8.95. The minimum absolute atomic E-state index is 0.145. The van der Waals surface area contributed by atoms with Crippen LogP contribution in [-0.4, -0.2) is 39.6 Å². The zero-order chi connectivity index (χ0) is 19.5. The summed E-state index contributed by atoms with van der Waals surface area (Å²) in [6.45, 7) is 1.21. The summed E-state index contributed by atoms with van der Waals surface area (Å²) in [4.78, 5) is 35.3. The van der Waals surface area contributed by atoms with Gasteiger partial charge in [-0.25, -0.2) is 14.8 Å². The van der Waals surface area contributed by atoms with Crippen molar-refractivity contribution in [3.63, 3.8) is 0 Å². The molecular weight excluding hydrogens is 396 g/mol. The third-order valence-electron chi connectivity index (χ3n) is 4.09. The standard InChI is InChI=1S/C18H18N6O2S2/c1-23-8-6-20-17(23)28-14-4-2-12(3-5-14)21-15(25)10-13-11-27-18(22-13)24-9-7-19-16(24)26/h2-6,8,11H,7,9-10H2,1H3,(H,19,26)(H,21,25). The van der Waals surface area contributed by atoms with Crippen LogP contribution in [0.25, 0.3) is 0 Å². The Balaban J connectivity index is 1.33. The van der Waals surface area contributed by atoms with Crippen LogP contribution in [-0.2, 0) is 18.3 Å². The molecule has 10 heteroatoms. The van der Waals surface area contributed by atoms with Crippen LogP contribution in [0.5, 0.6) is 0 Å². The van der Waals surface area contributed by atoms with Gasteiger partial charge in [0, 0.05) is 48.5 Å². The monoisotopic (exact) mass is 414 g/mol. The summed E-state index contributed by atoms with van der Waals surface area (Å²) >= 11 is 2.93. The topological polar surface area (TPSA) is 92.2 Å². The molecule has 0 bridgehead atoms. The Morgan fingerprint density at radius 1 is 1.36 bits per heavy atom. The molecule has 2 N–H and O–H groups in total. The van der Waals surface area contributed by atoms with Crippen molar-refractivity contribution in [3.05, 3.63) is 47.7 Å². The van der Waals surface area contributed by atoms with Crippen LogP contribution in [0.15, 0.2) is 52.1 Å². The number of imidazole rings is 1. The van der Waals surface area contributed by atoms with E-state index < -0.39 is 0 Å². The molecule has 3 aromatic rings. The molecule has 1 aliphatic rings. The number of urea groups is 1. The van der Waals surface area contributed by atoms with E-state index in [0.717, 1.165) is 15.7 Å². The van der Waals surface area contributed by atoms with Gasteiger partial charge >= 0.3 is 6.03 Å². The number of hydrogen-bond acceptors (Lipinski definition) is 6. The molecule has 28 heavy (non-hydrogen) atoms. The second-order valence-electron chi connectivity index (χ2n) is 6.18. The number of thiazole rings is 1. The molecule has 4 rings (SSSR count). The van der Waals surface area contributed by atoms with Crippen molar-refractivity contribution in [2.45, 2.75) is 16.5 Å².